The van der Waals surface area contributed by atoms with Crippen molar-refractivity contribution in [1.82, 2.24) is 9.78 Å². The Morgan fingerprint density at radius 2 is 2.00 bits per heavy atom. The van der Waals surface area contributed by atoms with Gasteiger partial charge >= 0.3 is 5.63 Å². The van der Waals surface area contributed by atoms with E-state index in [9.17, 15) is 19.1 Å². The van der Waals surface area contributed by atoms with E-state index in [4.69, 9.17) is 9.15 Å². The average molecular weight is 488 g/mol. The van der Waals surface area contributed by atoms with Crippen LogP contribution in [0.5, 0.6) is 11.5 Å². The molecular weight excluding hydrogens is 467 g/mol. The topological polar surface area (TPSA) is 119 Å². The van der Waals surface area contributed by atoms with E-state index in [1.54, 1.807) is 50.4 Å². The lowest BCUT2D eigenvalue weighted by Gasteiger charge is -2.25. The molecule has 0 radical (unpaired) electrons. The van der Waals surface area contributed by atoms with Crippen molar-refractivity contribution in [3.8, 4) is 11.5 Å². The Balaban J connectivity index is 1.61. The Kier molecular flexibility index (Phi) is 5.85. The van der Waals surface area contributed by atoms with Crippen molar-refractivity contribution in [2.75, 3.05) is 12.4 Å². The fourth-order valence-corrected chi connectivity index (χ4v) is 4.16. The van der Waals surface area contributed by atoms with Gasteiger partial charge in [-0.05, 0) is 48.9 Å². The number of aromatic nitrogens is 2. The molecule has 2 aromatic heterocycles. The van der Waals surface area contributed by atoms with Gasteiger partial charge in [-0.25, -0.2) is 18.9 Å². The highest BCUT2D eigenvalue weighted by atomic mass is 19.1. The van der Waals surface area contributed by atoms with Gasteiger partial charge in [0.2, 0.25) is 0 Å². The number of nitrogens with zero attached hydrogens (tertiary/aromatic N) is 3. The molecule has 4 aromatic rings. The van der Waals surface area contributed by atoms with Crippen LogP contribution in [0.4, 0.5) is 15.9 Å². The zero-order valence-electron chi connectivity index (χ0n) is 19.4. The van der Waals surface area contributed by atoms with Crippen LogP contribution in [-0.4, -0.2) is 33.6 Å². The van der Waals surface area contributed by atoms with E-state index in [-0.39, 0.29) is 40.6 Å². The maximum Gasteiger partial charge on any atom is 0.348 e. The van der Waals surface area contributed by atoms with Gasteiger partial charge in [0, 0.05) is 18.2 Å². The summed E-state index contributed by atoms with van der Waals surface area (Å²) in [6.45, 7) is 1.54. The van der Waals surface area contributed by atoms with Gasteiger partial charge in [-0.2, -0.15) is 5.10 Å². The Morgan fingerprint density at radius 3 is 2.69 bits per heavy atom. The van der Waals surface area contributed by atoms with Gasteiger partial charge in [0.15, 0.2) is 5.82 Å². The van der Waals surface area contributed by atoms with Crippen molar-refractivity contribution < 1.29 is 23.4 Å². The molecule has 2 N–H and O–H groups in total. The molecule has 1 aliphatic rings. The highest BCUT2D eigenvalue weighted by molar-refractivity contribution is 6.10. The number of aliphatic imine (C=N–C) groups is 1. The van der Waals surface area contributed by atoms with Crippen LogP contribution >= 0.6 is 0 Å². The first-order valence-corrected chi connectivity index (χ1v) is 11.0. The van der Waals surface area contributed by atoms with Crippen molar-refractivity contribution in [3.05, 3.63) is 99.5 Å². The Morgan fingerprint density at radius 1 is 1.22 bits per heavy atom. The van der Waals surface area contributed by atoms with Crippen molar-refractivity contribution in [3.63, 3.8) is 0 Å². The van der Waals surface area contributed by atoms with E-state index in [1.165, 1.54) is 29.1 Å². The number of nitrogens with one attached hydrogen (secondary N) is 1. The third kappa shape index (κ3) is 4.24. The third-order valence-electron chi connectivity index (χ3n) is 5.86. The number of halogens is 1. The molecule has 0 bridgehead atoms. The summed E-state index contributed by atoms with van der Waals surface area (Å²) in [7, 11) is 1.55. The van der Waals surface area contributed by atoms with Crippen molar-refractivity contribution in [1.29, 1.82) is 0 Å². The minimum absolute atomic E-state index is 0.110. The number of hydrogen-bond acceptors (Lipinski definition) is 7. The van der Waals surface area contributed by atoms with E-state index >= 15 is 0 Å². The lowest BCUT2D eigenvalue weighted by atomic mass is 9.96. The van der Waals surface area contributed by atoms with Crippen LogP contribution in [0.3, 0.4) is 0 Å². The maximum absolute atomic E-state index is 14.1. The number of anilines is 1. The van der Waals surface area contributed by atoms with Gasteiger partial charge in [0.05, 0.1) is 25.1 Å². The summed E-state index contributed by atoms with van der Waals surface area (Å²) < 4.78 is 25.9. The quantitative estimate of drug-likeness (QED) is 0.431. The summed E-state index contributed by atoms with van der Waals surface area (Å²) in [6.07, 6.45) is 1.48. The van der Waals surface area contributed by atoms with Crippen molar-refractivity contribution in [2.24, 2.45) is 4.99 Å². The molecule has 1 unspecified atom stereocenters. The van der Waals surface area contributed by atoms with E-state index in [0.29, 0.717) is 17.0 Å². The van der Waals surface area contributed by atoms with E-state index in [0.717, 1.165) is 0 Å². The van der Waals surface area contributed by atoms with Gasteiger partial charge in [0.25, 0.3) is 5.91 Å². The molecule has 0 saturated heterocycles. The Bertz CT molecular complexity index is 1560. The minimum atomic E-state index is -0.763. The minimum Gasteiger partial charge on any atom is -0.507 e. The number of rotatable bonds is 5. The SMILES string of the molecule is COc1ccc(NC(=O)c2cnn3c2N=C(c2c(O)cc(C)oc2=O)CC3c2cccc(F)c2)cc1. The highest BCUT2D eigenvalue weighted by Gasteiger charge is 2.32. The second-order valence-electron chi connectivity index (χ2n) is 8.25. The molecule has 10 heteroatoms. The van der Waals surface area contributed by atoms with Gasteiger partial charge < -0.3 is 19.6 Å². The Hall–Kier alpha value is -4.73. The van der Waals surface area contributed by atoms with Crippen LogP contribution in [0, 0.1) is 12.7 Å². The number of aromatic hydroxyl groups is 1. The summed E-state index contributed by atoms with van der Waals surface area (Å²) in [6, 6.07) is 13.5. The van der Waals surface area contributed by atoms with Crippen LogP contribution in [0.15, 0.2) is 75.0 Å². The van der Waals surface area contributed by atoms with E-state index in [1.807, 2.05) is 0 Å². The number of ether oxygens (including phenoxy) is 1. The number of methoxy groups -OCH3 is 1. The second kappa shape index (κ2) is 9.14. The molecule has 0 saturated carbocycles. The predicted molar refractivity (Wildman–Crippen MR) is 130 cm³/mol. The molecule has 1 aliphatic heterocycles. The molecular formula is C26H21FN4O5. The molecule has 3 heterocycles. The van der Waals surface area contributed by atoms with Crippen LogP contribution in [0.1, 0.15) is 39.7 Å². The largest absolute Gasteiger partial charge is 0.507 e. The average Bonchev–Trinajstić information content (AvgIpc) is 3.27. The number of fused-ring (bicyclic) bond motifs is 1. The molecule has 1 amide bonds. The van der Waals surface area contributed by atoms with E-state index in [2.05, 4.69) is 15.4 Å². The first kappa shape index (κ1) is 23.0. The lowest BCUT2D eigenvalue weighted by molar-refractivity contribution is 0.102. The fourth-order valence-electron chi connectivity index (χ4n) is 4.16. The predicted octanol–water partition coefficient (Wildman–Crippen LogP) is 4.36. The molecule has 0 spiro atoms. The molecule has 1 atom stereocenters. The Labute approximate surface area is 204 Å². The van der Waals surface area contributed by atoms with Gasteiger partial charge in [-0.1, -0.05) is 12.1 Å². The fraction of sp³-hybridized carbons (Fsp3) is 0.154. The summed E-state index contributed by atoms with van der Waals surface area (Å²) >= 11 is 0. The summed E-state index contributed by atoms with van der Waals surface area (Å²) in [5.41, 5.74) is 0.545. The number of hydrogen-bond donors (Lipinski definition) is 2. The molecule has 2 aromatic carbocycles. The van der Waals surface area contributed by atoms with Crippen LogP contribution in [0.2, 0.25) is 0 Å². The number of aryl methyl sites for hydroxylation is 1. The monoisotopic (exact) mass is 488 g/mol. The zero-order chi connectivity index (χ0) is 25.4. The molecule has 5 rings (SSSR count). The lowest BCUT2D eigenvalue weighted by Crippen LogP contribution is -2.25. The van der Waals surface area contributed by atoms with Crippen molar-refractivity contribution >= 4 is 23.1 Å². The molecule has 182 valence electrons. The first-order chi connectivity index (χ1) is 17.3. The number of benzene rings is 2. The standard InChI is InChI=1S/C26H21FN4O5/c1-14-10-22(32)23(26(34)36-14)20-12-21(15-4-3-5-16(27)11-15)31-24(30-20)19(13-28-31)25(33)29-17-6-8-18(35-2)9-7-17/h3-11,13,21,32H,12H2,1-2H3,(H,29,33). The molecule has 0 aliphatic carbocycles. The molecule has 36 heavy (non-hydrogen) atoms. The van der Waals surface area contributed by atoms with Crippen molar-refractivity contribution in [2.45, 2.75) is 19.4 Å². The van der Waals surface area contributed by atoms with Gasteiger partial charge in [-0.3, -0.25) is 4.79 Å². The molecule has 0 fully saturated rings. The number of amides is 1. The second-order valence-corrected chi connectivity index (χ2v) is 8.25. The summed E-state index contributed by atoms with van der Waals surface area (Å²) in [5, 5.41) is 17.7. The highest BCUT2D eigenvalue weighted by Crippen LogP contribution is 2.37. The normalized spacial score (nSPS) is 14.6. The zero-order valence-corrected chi connectivity index (χ0v) is 19.4. The number of carbonyl (C=O) groups is 1. The van der Waals surface area contributed by atoms with Gasteiger partial charge in [0.1, 0.15) is 34.2 Å². The van der Waals surface area contributed by atoms with Crippen LogP contribution in [-0.2, 0) is 0 Å². The third-order valence-corrected chi connectivity index (χ3v) is 5.86. The number of carbonyl (C=O) groups excluding carboxylic acids is 1. The van der Waals surface area contributed by atoms with Gasteiger partial charge in [-0.15, -0.1) is 0 Å². The molecule has 9 nitrogen and oxygen atoms in total. The first-order valence-electron chi connectivity index (χ1n) is 11.0. The smallest absolute Gasteiger partial charge is 0.348 e. The van der Waals surface area contributed by atoms with E-state index < -0.39 is 23.4 Å². The summed E-state index contributed by atoms with van der Waals surface area (Å²) in [5.74, 6) is -0.178. The summed E-state index contributed by atoms with van der Waals surface area (Å²) in [4.78, 5) is 30.3. The van der Waals surface area contributed by atoms with Crippen LogP contribution < -0.4 is 15.7 Å². The maximum atomic E-state index is 14.1. The van der Waals surface area contributed by atoms with Crippen LogP contribution in [0.25, 0.3) is 0 Å².